The molecule has 2 aromatic heterocycles. The topological polar surface area (TPSA) is 64.4 Å². The smallest absolute Gasteiger partial charge is 0.230 e. The monoisotopic (exact) mass is 453 g/mol. The van der Waals surface area contributed by atoms with Crippen LogP contribution in [0.4, 0.5) is 11.4 Å². The van der Waals surface area contributed by atoms with Crippen LogP contribution in [0.15, 0.2) is 94.3 Å². The number of nitrogen functional groups attached to an aromatic ring is 1. The molecule has 0 bridgehead atoms. The molecule has 32 heavy (non-hydrogen) atoms. The Bertz CT molecular complexity index is 1690. The summed E-state index contributed by atoms with van der Waals surface area (Å²) >= 11 is 7.71. The number of rotatable bonds is 2. The van der Waals surface area contributed by atoms with Gasteiger partial charge in [0.25, 0.3) is 0 Å². The van der Waals surface area contributed by atoms with E-state index >= 15 is 0 Å². The fourth-order valence-electron chi connectivity index (χ4n) is 3.82. The summed E-state index contributed by atoms with van der Waals surface area (Å²) in [5, 5.41) is 4.65. The second kappa shape index (κ2) is 7.48. The van der Waals surface area contributed by atoms with E-state index in [1.165, 1.54) is 0 Å². The number of nitrogens with zero attached hydrogens (tertiary/aromatic N) is 2. The van der Waals surface area contributed by atoms with Crippen molar-refractivity contribution in [2.75, 3.05) is 5.73 Å². The Balaban J connectivity index is 1.69. The van der Waals surface area contributed by atoms with Crippen molar-refractivity contribution in [2.45, 2.75) is 0 Å². The molecular formula is C26H16ClN3OS. The van der Waals surface area contributed by atoms with Crippen LogP contribution in [-0.2, 0) is 0 Å². The van der Waals surface area contributed by atoms with Gasteiger partial charge in [-0.2, -0.15) is 0 Å². The Morgan fingerprint density at radius 3 is 2.59 bits per heavy atom. The van der Waals surface area contributed by atoms with E-state index < -0.39 is 0 Å². The van der Waals surface area contributed by atoms with Crippen LogP contribution < -0.4 is 11.3 Å². The van der Waals surface area contributed by atoms with E-state index in [0.717, 1.165) is 42.5 Å². The van der Waals surface area contributed by atoms with Crippen molar-refractivity contribution in [3.63, 3.8) is 0 Å². The standard InChI is InChI=1S/C26H16ClN3OS/c27-20-11-10-16(13-21(20)28)29-25-19(26-30-22-7-3-4-8-24(22)32-26)14-18-17-6-2-1-5-15(17)9-12-23(18)31-25/h1-14H,28H2. The number of fused-ring (bicyclic) bond motifs is 4. The summed E-state index contributed by atoms with van der Waals surface area (Å²) < 4.78 is 7.46. The normalized spacial score (nSPS) is 12.2. The zero-order chi connectivity index (χ0) is 21.7. The number of halogens is 1. The van der Waals surface area contributed by atoms with E-state index in [2.05, 4.69) is 30.3 Å². The molecule has 0 aliphatic heterocycles. The summed E-state index contributed by atoms with van der Waals surface area (Å²) in [5.74, 6) is 0. The van der Waals surface area contributed by atoms with Gasteiger partial charge in [0.1, 0.15) is 10.6 Å². The Morgan fingerprint density at radius 1 is 0.875 bits per heavy atom. The van der Waals surface area contributed by atoms with Crippen molar-refractivity contribution >= 4 is 66.3 Å². The average Bonchev–Trinajstić information content (AvgIpc) is 3.25. The van der Waals surface area contributed by atoms with Crippen molar-refractivity contribution in [1.82, 2.24) is 4.98 Å². The molecule has 6 rings (SSSR count). The summed E-state index contributed by atoms with van der Waals surface area (Å²) in [6, 6.07) is 27.8. The molecule has 0 spiro atoms. The minimum Gasteiger partial charge on any atom is -0.438 e. The molecule has 0 saturated carbocycles. The van der Waals surface area contributed by atoms with Crippen molar-refractivity contribution in [2.24, 2.45) is 4.99 Å². The number of benzene rings is 4. The first kappa shape index (κ1) is 19.0. The first-order chi connectivity index (χ1) is 15.7. The maximum absolute atomic E-state index is 6.35. The van der Waals surface area contributed by atoms with Gasteiger partial charge >= 0.3 is 0 Å². The van der Waals surface area contributed by atoms with Gasteiger partial charge in [-0.15, -0.1) is 11.3 Å². The van der Waals surface area contributed by atoms with Crippen LogP contribution in [0.5, 0.6) is 0 Å². The van der Waals surface area contributed by atoms with Gasteiger partial charge in [0, 0.05) is 5.39 Å². The molecule has 0 unspecified atom stereocenters. The van der Waals surface area contributed by atoms with Crippen molar-refractivity contribution in [3.05, 3.63) is 95.5 Å². The van der Waals surface area contributed by atoms with Crippen molar-refractivity contribution in [3.8, 4) is 10.6 Å². The number of para-hydroxylation sites is 1. The highest BCUT2D eigenvalue weighted by Gasteiger charge is 2.13. The van der Waals surface area contributed by atoms with Gasteiger partial charge in [-0.3, -0.25) is 0 Å². The fourth-order valence-corrected chi connectivity index (χ4v) is 4.91. The van der Waals surface area contributed by atoms with Crippen LogP contribution in [0, 0.1) is 0 Å². The molecule has 2 N–H and O–H groups in total. The Hall–Kier alpha value is -3.67. The molecule has 0 radical (unpaired) electrons. The molecular weight excluding hydrogens is 438 g/mol. The summed E-state index contributed by atoms with van der Waals surface area (Å²) in [5.41, 5.74) is 10.2. The summed E-state index contributed by atoms with van der Waals surface area (Å²) in [4.78, 5) is 9.64. The van der Waals surface area contributed by atoms with E-state index in [4.69, 9.17) is 31.7 Å². The average molecular weight is 454 g/mol. The molecule has 154 valence electrons. The Labute approximate surface area is 192 Å². The third-order valence-electron chi connectivity index (χ3n) is 5.39. The molecule has 0 atom stereocenters. The van der Waals surface area contributed by atoms with Crippen molar-refractivity contribution < 1.29 is 4.42 Å². The van der Waals surface area contributed by atoms with Crippen LogP contribution >= 0.6 is 22.9 Å². The molecule has 2 heterocycles. The number of hydrogen-bond acceptors (Lipinski definition) is 5. The predicted molar refractivity (Wildman–Crippen MR) is 133 cm³/mol. The first-order valence-corrected chi connectivity index (χ1v) is 11.3. The SMILES string of the molecule is Nc1cc(N=c2oc3ccc4ccccc4c3cc2-c2nc3ccccc3s2)ccc1Cl. The van der Waals surface area contributed by atoms with Crippen LogP contribution in [-0.4, -0.2) is 4.98 Å². The van der Waals surface area contributed by atoms with Gasteiger partial charge in [-0.05, 0) is 53.2 Å². The highest BCUT2D eigenvalue weighted by Crippen LogP contribution is 2.33. The maximum Gasteiger partial charge on any atom is 0.230 e. The fraction of sp³-hybridized carbons (Fsp3) is 0. The van der Waals surface area contributed by atoms with E-state index in [1.807, 2.05) is 42.5 Å². The van der Waals surface area contributed by atoms with Crippen LogP contribution in [0.3, 0.4) is 0 Å². The molecule has 0 saturated heterocycles. The highest BCUT2D eigenvalue weighted by atomic mass is 35.5. The summed E-state index contributed by atoms with van der Waals surface area (Å²) in [6.45, 7) is 0. The molecule has 6 aromatic rings. The van der Waals surface area contributed by atoms with Crippen LogP contribution in [0.2, 0.25) is 5.02 Å². The molecule has 0 aliphatic carbocycles. The summed E-state index contributed by atoms with van der Waals surface area (Å²) in [7, 11) is 0. The molecule has 4 nitrogen and oxygen atoms in total. The van der Waals surface area contributed by atoms with Crippen molar-refractivity contribution in [1.29, 1.82) is 0 Å². The zero-order valence-corrected chi connectivity index (χ0v) is 18.3. The number of anilines is 1. The van der Waals surface area contributed by atoms with Gasteiger partial charge in [0.15, 0.2) is 0 Å². The second-order valence-corrected chi connectivity index (χ2v) is 8.91. The lowest BCUT2D eigenvalue weighted by atomic mass is 10.0. The third-order valence-corrected chi connectivity index (χ3v) is 6.80. The number of hydrogen-bond donors (Lipinski definition) is 1. The number of nitrogens with two attached hydrogens (primary N) is 1. The molecule has 0 amide bonds. The Kier molecular flexibility index (Phi) is 4.45. The zero-order valence-electron chi connectivity index (χ0n) is 16.7. The third kappa shape index (κ3) is 3.23. The lowest BCUT2D eigenvalue weighted by molar-refractivity contribution is 0.548. The van der Waals surface area contributed by atoms with E-state index in [1.54, 1.807) is 23.5 Å². The summed E-state index contributed by atoms with van der Waals surface area (Å²) in [6.07, 6.45) is 0. The van der Waals surface area contributed by atoms with Gasteiger partial charge in [-0.25, -0.2) is 9.98 Å². The molecule has 6 heteroatoms. The number of aromatic nitrogens is 1. The predicted octanol–water partition coefficient (Wildman–Crippen LogP) is 7.33. The van der Waals surface area contributed by atoms with E-state index in [-0.39, 0.29) is 0 Å². The van der Waals surface area contributed by atoms with Gasteiger partial charge < -0.3 is 10.2 Å². The largest absolute Gasteiger partial charge is 0.438 e. The van der Waals surface area contributed by atoms with Gasteiger partial charge in [0.2, 0.25) is 5.55 Å². The van der Waals surface area contributed by atoms with E-state index in [0.29, 0.717) is 22.0 Å². The lowest BCUT2D eigenvalue weighted by Crippen LogP contribution is -2.05. The molecule has 0 fully saturated rings. The Morgan fingerprint density at radius 2 is 1.72 bits per heavy atom. The van der Waals surface area contributed by atoms with Gasteiger partial charge in [0.05, 0.1) is 32.2 Å². The van der Waals surface area contributed by atoms with Crippen LogP contribution in [0.25, 0.3) is 42.5 Å². The number of thiazole rings is 1. The van der Waals surface area contributed by atoms with Crippen LogP contribution in [0.1, 0.15) is 0 Å². The van der Waals surface area contributed by atoms with E-state index in [9.17, 15) is 0 Å². The molecule has 4 aromatic carbocycles. The highest BCUT2D eigenvalue weighted by molar-refractivity contribution is 7.21. The first-order valence-electron chi connectivity index (χ1n) is 10.1. The minimum atomic E-state index is 0.473. The quantitative estimate of drug-likeness (QED) is 0.220. The minimum absolute atomic E-state index is 0.473. The second-order valence-electron chi connectivity index (χ2n) is 7.47. The maximum atomic E-state index is 6.35. The molecule has 0 aliphatic rings. The lowest BCUT2D eigenvalue weighted by Gasteiger charge is -2.06. The van der Waals surface area contributed by atoms with Gasteiger partial charge in [-0.1, -0.05) is 54.1 Å².